The number of hydrogen-bond donors (Lipinski definition) is 0. The lowest BCUT2D eigenvalue weighted by atomic mass is 9.76. The molecule has 0 amide bonds. The number of benzene rings is 1. The third-order valence-electron chi connectivity index (χ3n) is 6.84. The predicted molar refractivity (Wildman–Crippen MR) is 120 cm³/mol. The molecule has 2 unspecified atom stereocenters. The Balaban J connectivity index is 1.39. The van der Waals surface area contributed by atoms with Crippen LogP contribution in [0.25, 0.3) is 0 Å². The summed E-state index contributed by atoms with van der Waals surface area (Å²) in [4.78, 5) is 0. The highest BCUT2D eigenvalue weighted by Gasteiger charge is 2.32. The van der Waals surface area contributed by atoms with E-state index in [2.05, 4.69) is 6.58 Å². The van der Waals surface area contributed by atoms with Crippen LogP contribution in [0.1, 0.15) is 71.1 Å². The predicted octanol–water partition coefficient (Wildman–Crippen LogP) is 7.09. The Kier molecular flexibility index (Phi) is 9.63. The molecule has 0 N–H and O–H groups in total. The van der Waals surface area contributed by atoms with Crippen LogP contribution < -0.4 is 9.47 Å². The molecule has 174 valence electrons. The summed E-state index contributed by atoms with van der Waals surface area (Å²) in [6, 6.07) is 2.90. The Bertz CT molecular complexity index is 677. The van der Waals surface area contributed by atoms with Crippen LogP contribution in [-0.4, -0.2) is 25.9 Å². The zero-order valence-electron chi connectivity index (χ0n) is 18.9. The Morgan fingerprint density at radius 3 is 2.29 bits per heavy atom. The minimum atomic E-state index is -0.975. The van der Waals surface area contributed by atoms with Gasteiger partial charge in [-0.25, -0.2) is 0 Å². The second-order valence-electron chi connectivity index (χ2n) is 9.16. The van der Waals surface area contributed by atoms with Crippen molar-refractivity contribution in [1.29, 1.82) is 0 Å². The molecule has 2 aliphatic rings. The lowest BCUT2D eigenvalue weighted by Crippen LogP contribution is -2.35. The van der Waals surface area contributed by atoms with Crippen LogP contribution in [-0.2, 0) is 4.74 Å². The van der Waals surface area contributed by atoms with Crippen molar-refractivity contribution in [2.45, 2.75) is 77.2 Å². The molecule has 0 radical (unpaired) electrons. The van der Waals surface area contributed by atoms with Crippen LogP contribution in [0.5, 0.6) is 11.5 Å². The van der Waals surface area contributed by atoms with Crippen molar-refractivity contribution in [3.63, 3.8) is 0 Å². The first kappa shape index (κ1) is 24.0. The molecule has 1 aliphatic carbocycles. The van der Waals surface area contributed by atoms with Crippen molar-refractivity contribution in [2.24, 2.45) is 17.8 Å². The normalized spacial score (nSPS) is 26.4. The molecule has 31 heavy (non-hydrogen) atoms. The molecule has 1 saturated carbocycles. The highest BCUT2D eigenvalue weighted by molar-refractivity contribution is 5.35. The largest absolute Gasteiger partial charge is 0.490 e. The summed E-state index contributed by atoms with van der Waals surface area (Å²) in [6.07, 6.45) is 13.6. The van der Waals surface area contributed by atoms with E-state index >= 15 is 0 Å². The summed E-state index contributed by atoms with van der Waals surface area (Å²) < 4.78 is 45.6. The lowest BCUT2D eigenvalue weighted by molar-refractivity contribution is -0.0655. The summed E-state index contributed by atoms with van der Waals surface area (Å²) in [5.41, 5.74) is 0. The summed E-state index contributed by atoms with van der Waals surface area (Å²) in [6.45, 7) is 7.19. The minimum absolute atomic E-state index is 0.0543. The third-order valence-corrected chi connectivity index (χ3v) is 6.84. The van der Waals surface area contributed by atoms with Crippen LogP contribution in [0.4, 0.5) is 8.78 Å². The van der Waals surface area contributed by atoms with Gasteiger partial charge in [-0.1, -0.05) is 32.3 Å². The van der Waals surface area contributed by atoms with E-state index in [-0.39, 0.29) is 17.4 Å². The molecule has 0 aromatic heterocycles. The molecule has 3 nitrogen and oxygen atoms in total. The van der Waals surface area contributed by atoms with Gasteiger partial charge in [-0.3, -0.25) is 0 Å². The highest BCUT2D eigenvalue weighted by Crippen LogP contribution is 2.37. The molecular weight excluding hydrogens is 398 g/mol. The van der Waals surface area contributed by atoms with Crippen LogP contribution in [0, 0.1) is 29.4 Å². The zero-order valence-corrected chi connectivity index (χ0v) is 18.9. The summed E-state index contributed by atoms with van der Waals surface area (Å²) in [7, 11) is 0. The van der Waals surface area contributed by atoms with Crippen LogP contribution in [0.3, 0.4) is 0 Å². The van der Waals surface area contributed by atoms with E-state index in [4.69, 9.17) is 14.2 Å². The van der Waals surface area contributed by atoms with E-state index in [1.165, 1.54) is 44.2 Å². The molecule has 1 aromatic carbocycles. The van der Waals surface area contributed by atoms with Gasteiger partial charge < -0.3 is 14.2 Å². The molecule has 0 spiro atoms. The molecule has 1 aromatic rings. The summed E-state index contributed by atoms with van der Waals surface area (Å²) >= 11 is 0. The number of halogens is 2. The van der Waals surface area contributed by atoms with Gasteiger partial charge in [0.2, 0.25) is 11.6 Å². The number of rotatable bonds is 11. The fourth-order valence-electron chi connectivity index (χ4n) is 4.80. The van der Waals surface area contributed by atoms with Crippen LogP contribution in [0.2, 0.25) is 0 Å². The van der Waals surface area contributed by atoms with Gasteiger partial charge in [0.05, 0.1) is 25.9 Å². The topological polar surface area (TPSA) is 27.7 Å². The van der Waals surface area contributed by atoms with Crippen LogP contribution in [0.15, 0.2) is 24.8 Å². The Labute approximate surface area is 186 Å². The monoisotopic (exact) mass is 436 g/mol. The number of unbranched alkanes of at least 4 members (excludes halogenated alkanes) is 1. The number of hydrogen-bond acceptors (Lipinski definition) is 3. The Morgan fingerprint density at radius 1 is 1.00 bits per heavy atom. The van der Waals surface area contributed by atoms with Gasteiger partial charge in [0.1, 0.15) is 0 Å². The van der Waals surface area contributed by atoms with E-state index in [1.54, 1.807) is 0 Å². The van der Waals surface area contributed by atoms with E-state index in [9.17, 15) is 8.78 Å². The third kappa shape index (κ3) is 6.93. The van der Waals surface area contributed by atoms with Crippen molar-refractivity contribution in [1.82, 2.24) is 0 Å². The fraction of sp³-hybridized carbons (Fsp3) is 0.692. The van der Waals surface area contributed by atoms with E-state index in [0.717, 1.165) is 38.0 Å². The maximum absolute atomic E-state index is 14.3. The van der Waals surface area contributed by atoms with Gasteiger partial charge in [0, 0.05) is 5.92 Å². The molecule has 2 atom stereocenters. The van der Waals surface area contributed by atoms with Gasteiger partial charge in [0.25, 0.3) is 0 Å². The van der Waals surface area contributed by atoms with Crippen molar-refractivity contribution < 1.29 is 23.0 Å². The quantitative estimate of drug-likeness (QED) is 0.274. The summed E-state index contributed by atoms with van der Waals surface area (Å²) in [5, 5.41) is 0. The van der Waals surface area contributed by atoms with E-state index in [0.29, 0.717) is 31.8 Å². The van der Waals surface area contributed by atoms with Gasteiger partial charge in [-0.05, 0) is 68.9 Å². The van der Waals surface area contributed by atoms with Crippen molar-refractivity contribution in [3.8, 4) is 11.5 Å². The molecule has 1 heterocycles. The Morgan fingerprint density at radius 2 is 1.68 bits per heavy atom. The number of allylic oxidation sites excluding steroid dienone is 1. The number of ether oxygens (including phenoxy) is 3. The average Bonchev–Trinajstić information content (AvgIpc) is 2.81. The zero-order chi connectivity index (χ0) is 22.1. The molecule has 5 heteroatoms. The van der Waals surface area contributed by atoms with Crippen LogP contribution >= 0.6 is 0 Å². The minimum Gasteiger partial charge on any atom is -0.490 e. The molecule has 0 bridgehead atoms. The molecule has 1 aliphatic heterocycles. The summed E-state index contributed by atoms with van der Waals surface area (Å²) in [5.74, 6) is -0.342. The highest BCUT2D eigenvalue weighted by atomic mass is 19.2. The molecule has 3 rings (SSSR count). The average molecular weight is 437 g/mol. The SMILES string of the molecule is C=CCCC1CCC(C2CCC(COc3ccc(OCCCC)c(F)c3F)CO2)CC1. The van der Waals surface area contributed by atoms with Gasteiger partial charge in [-0.15, -0.1) is 6.58 Å². The maximum atomic E-state index is 14.3. The van der Waals surface area contributed by atoms with E-state index in [1.807, 2.05) is 13.0 Å². The Hall–Kier alpha value is -1.62. The smallest absolute Gasteiger partial charge is 0.204 e. The van der Waals surface area contributed by atoms with Gasteiger partial charge in [0.15, 0.2) is 11.5 Å². The fourth-order valence-corrected chi connectivity index (χ4v) is 4.80. The van der Waals surface area contributed by atoms with Crippen molar-refractivity contribution in [3.05, 3.63) is 36.4 Å². The second kappa shape index (κ2) is 12.4. The molecule has 2 fully saturated rings. The molecular formula is C26H38F2O3. The first-order chi connectivity index (χ1) is 15.1. The van der Waals surface area contributed by atoms with Crippen molar-refractivity contribution >= 4 is 0 Å². The van der Waals surface area contributed by atoms with Gasteiger partial charge >= 0.3 is 0 Å². The first-order valence-corrected chi connectivity index (χ1v) is 12.1. The first-order valence-electron chi connectivity index (χ1n) is 12.1. The second-order valence-corrected chi connectivity index (χ2v) is 9.16. The van der Waals surface area contributed by atoms with E-state index < -0.39 is 11.6 Å². The van der Waals surface area contributed by atoms with Crippen molar-refractivity contribution in [2.75, 3.05) is 19.8 Å². The van der Waals surface area contributed by atoms with Gasteiger partial charge in [-0.2, -0.15) is 8.78 Å². The maximum Gasteiger partial charge on any atom is 0.204 e. The molecule has 1 saturated heterocycles. The standard InChI is InChI=1S/C26H38F2O3/c1-3-5-7-19-8-11-21(12-9-19)22-13-10-20(17-30-22)18-31-24-15-14-23(25(27)26(24)28)29-16-6-4-2/h3,14-15,19-22H,1,4-13,16-18H2,2H3. The lowest BCUT2D eigenvalue weighted by Gasteiger charge is -2.37.